The smallest absolute Gasteiger partial charge is 0.206 e. The summed E-state index contributed by atoms with van der Waals surface area (Å²) in [6.07, 6.45) is 1.72. The number of hydrogen-bond acceptors (Lipinski definition) is 7. The second-order valence-electron chi connectivity index (χ2n) is 3.06. The third-order valence-electron chi connectivity index (χ3n) is 1.72. The molecule has 0 spiro atoms. The molecule has 0 aliphatic carbocycles. The first kappa shape index (κ1) is 11.4. The molecule has 0 atom stereocenters. The molecule has 2 aromatic rings. The second kappa shape index (κ2) is 5.31. The minimum atomic E-state index is 0.689. The van der Waals surface area contributed by atoms with E-state index >= 15 is 0 Å². The van der Waals surface area contributed by atoms with Crippen LogP contribution in [0.15, 0.2) is 15.0 Å². The van der Waals surface area contributed by atoms with Gasteiger partial charge in [0.1, 0.15) is 5.76 Å². The number of thioether (sulfide) groups is 1. The molecule has 86 valence electrons. The van der Waals surface area contributed by atoms with Crippen LogP contribution in [0, 0.1) is 6.92 Å². The van der Waals surface area contributed by atoms with Gasteiger partial charge in [-0.2, -0.15) is 0 Å². The van der Waals surface area contributed by atoms with Crippen LogP contribution in [-0.2, 0) is 5.75 Å². The van der Waals surface area contributed by atoms with Crippen molar-refractivity contribution >= 4 is 28.2 Å². The molecule has 0 aliphatic rings. The molecule has 5 nitrogen and oxygen atoms in total. The van der Waals surface area contributed by atoms with E-state index in [9.17, 15) is 0 Å². The van der Waals surface area contributed by atoms with Crippen LogP contribution >= 0.6 is 23.1 Å². The van der Waals surface area contributed by atoms with E-state index in [0.29, 0.717) is 5.75 Å². The molecule has 2 heterocycles. The van der Waals surface area contributed by atoms with Crippen molar-refractivity contribution < 1.29 is 4.42 Å². The van der Waals surface area contributed by atoms with Crippen molar-refractivity contribution in [2.75, 3.05) is 11.9 Å². The zero-order chi connectivity index (χ0) is 11.4. The molecular weight excluding hydrogens is 244 g/mol. The molecule has 0 radical (unpaired) electrons. The van der Waals surface area contributed by atoms with Gasteiger partial charge in [0.25, 0.3) is 0 Å². The standard InChI is InChI=1S/C9H12N4OS2/c1-3-10-8-12-13-9(16-8)15-5-7-11-4-6(2)14-7/h4H,3,5H2,1-2H3,(H,10,12). The molecular formula is C9H12N4OS2. The van der Waals surface area contributed by atoms with E-state index in [1.54, 1.807) is 29.3 Å². The molecule has 0 fully saturated rings. The van der Waals surface area contributed by atoms with Crippen LogP contribution in [0.4, 0.5) is 5.13 Å². The van der Waals surface area contributed by atoms with Gasteiger partial charge in [-0.15, -0.1) is 10.2 Å². The molecule has 1 N–H and O–H groups in total. The number of anilines is 1. The average molecular weight is 256 g/mol. The first-order valence-corrected chi connectivity index (χ1v) is 6.69. The summed E-state index contributed by atoms with van der Waals surface area (Å²) in [6, 6.07) is 0. The van der Waals surface area contributed by atoms with Gasteiger partial charge in [0.05, 0.1) is 11.9 Å². The van der Waals surface area contributed by atoms with Gasteiger partial charge in [0, 0.05) is 6.54 Å². The summed E-state index contributed by atoms with van der Waals surface area (Å²) >= 11 is 3.13. The molecule has 16 heavy (non-hydrogen) atoms. The fraction of sp³-hybridized carbons (Fsp3) is 0.444. The number of hydrogen-bond donors (Lipinski definition) is 1. The maximum atomic E-state index is 5.37. The Morgan fingerprint density at radius 3 is 3.06 bits per heavy atom. The molecule has 0 saturated heterocycles. The molecule has 0 aromatic carbocycles. The first-order chi connectivity index (χ1) is 7.78. The summed E-state index contributed by atoms with van der Waals surface area (Å²) in [4.78, 5) is 4.13. The number of aryl methyl sites for hydroxylation is 1. The van der Waals surface area contributed by atoms with Crippen molar-refractivity contribution in [2.24, 2.45) is 0 Å². The highest BCUT2D eigenvalue weighted by atomic mass is 32.2. The molecule has 0 aliphatic heterocycles. The molecule has 0 amide bonds. The van der Waals surface area contributed by atoms with Gasteiger partial charge in [0.2, 0.25) is 11.0 Å². The Morgan fingerprint density at radius 2 is 2.38 bits per heavy atom. The third-order valence-corrected chi connectivity index (χ3v) is 3.72. The van der Waals surface area contributed by atoms with Crippen molar-refractivity contribution in [3.05, 3.63) is 17.8 Å². The summed E-state index contributed by atoms with van der Waals surface area (Å²) in [5.74, 6) is 2.25. The predicted molar refractivity (Wildman–Crippen MR) is 64.9 cm³/mol. The molecule has 2 rings (SSSR count). The van der Waals surface area contributed by atoms with Crippen molar-refractivity contribution in [3.8, 4) is 0 Å². The van der Waals surface area contributed by atoms with Crippen LogP contribution in [-0.4, -0.2) is 21.7 Å². The van der Waals surface area contributed by atoms with E-state index in [2.05, 4.69) is 20.5 Å². The highest BCUT2D eigenvalue weighted by Crippen LogP contribution is 2.27. The van der Waals surface area contributed by atoms with Crippen molar-refractivity contribution in [1.29, 1.82) is 0 Å². The second-order valence-corrected chi connectivity index (χ2v) is 5.26. The first-order valence-electron chi connectivity index (χ1n) is 4.89. The summed E-state index contributed by atoms with van der Waals surface area (Å²) in [5.41, 5.74) is 0. The summed E-state index contributed by atoms with van der Waals surface area (Å²) in [7, 11) is 0. The van der Waals surface area contributed by atoms with E-state index in [0.717, 1.165) is 27.7 Å². The van der Waals surface area contributed by atoms with E-state index in [1.807, 2.05) is 13.8 Å². The zero-order valence-electron chi connectivity index (χ0n) is 9.06. The number of rotatable bonds is 5. The fourth-order valence-corrected chi connectivity index (χ4v) is 2.76. The van der Waals surface area contributed by atoms with Gasteiger partial charge in [-0.25, -0.2) is 4.98 Å². The van der Waals surface area contributed by atoms with Crippen LogP contribution in [0.25, 0.3) is 0 Å². The molecule has 0 saturated carbocycles. The molecule has 2 aromatic heterocycles. The summed E-state index contributed by atoms with van der Waals surface area (Å²) in [6.45, 7) is 4.78. The average Bonchev–Trinajstić information content (AvgIpc) is 2.85. The van der Waals surface area contributed by atoms with Crippen LogP contribution < -0.4 is 5.32 Å². The van der Waals surface area contributed by atoms with Crippen LogP contribution in [0.3, 0.4) is 0 Å². The van der Waals surface area contributed by atoms with E-state index < -0.39 is 0 Å². The number of nitrogens with zero attached hydrogens (tertiary/aromatic N) is 3. The number of aromatic nitrogens is 3. The maximum absolute atomic E-state index is 5.37. The van der Waals surface area contributed by atoms with E-state index in [1.165, 1.54) is 0 Å². The third kappa shape index (κ3) is 2.96. The Morgan fingerprint density at radius 1 is 1.50 bits per heavy atom. The maximum Gasteiger partial charge on any atom is 0.206 e. The van der Waals surface area contributed by atoms with Gasteiger partial charge in [-0.1, -0.05) is 23.1 Å². The largest absolute Gasteiger partial charge is 0.445 e. The lowest BCUT2D eigenvalue weighted by molar-refractivity contribution is 0.490. The topological polar surface area (TPSA) is 63.8 Å². The normalized spacial score (nSPS) is 10.6. The van der Waals surface area contributed by atoms with Gasteiger partial charge in [0.15, 0.2) is 4.34 Å². The molecule has 0 bridgehead atoms. The number of oxazole rings is 1. The quantitative estimate of drug-likeness (QED) is 0.829. The Labute approximate surface area is 102 Å². The lowest BCUT2D eigenvalue weighted by Crippen LogP contribution is -1.94. The highest BCUT2D eigenvalue weighted by molar-refractivity contribution is 8.00. The SMILES string of the molecule is CCNc1nnc(SCc2ncc(C)o2)s1. The Balaban J connectivity index is 1.89. The van der Waals surface area contributed by atoms with E-state index in [4.69, 9.17) is 4.42 Å². The van der Waals surface area contributed by atoms with Crippen molar-refractivity contribution in [1.82, 2.24) is 15.2 Å². The lowest BCUT2D eigenvalue weighted by Gasteiger charge is -1.92. The van der Waals surface area contributed by atoms with Gasteiger partial charge in [-0.05, 0) is 13.8 Å². The van der Waals surface area contributed by atoms with E-state index in [-0.39, 0.29) is 0 Å². The van der Waals surface area contributed by atoms with Gasteiger partial charge in [-0.3, -0.25) is 0 Å². The van der Waals surface area contributed by atoms with Crippen molar-refractivity contribution in [3.63, 3.8) is 0 Å². The highest BCUT2D eigenvalue weighted by Gasteiger charge is 2.06. The van der Waals surface area contributed by atoms with Gasteiger partial charge >= 0.3 is 0 Å². The van der Waals surface area contributed by atoms with Crippen molar-refractivity contribution in [2.45, 2.75) is 23.9 Å². The minimum absolute atomic E-state index is 0.689. The summed E-state index contributed by atoms with van der Waals surface area (Å²) < 4.78 is 6.29. The Kier molecular flexibility index (Phi) is 3.79. The van der Waals surface area contributed by atoms with Crippen LogP contribution in [0.5, 0.6) is 0 Å². The molecule has 7 heteroatoms. The van der Waals surface area contributed by atoms with Crippen LogP contribution in [0.1, 0.15) is 18.6 Å². The summed E-state index contributed by atoms with van der Waals surface area (Å²) in [5, 5.41) is 12.0. The lowest BCUT2D eigenvalue weighted by atomic mass is 10.6. The zero-order valence-corrected chi connectivity index (χ0v) is 10.7. The van der Waals surface area contributed by atoms with Crippen LogP contribution in [0.2, 0.25) is 0 Å². The predicted octanol–water partition coefficient (Wildman–Crippen LogP) is 2.56. The molecule has 0 unspecified atom stereocenters. The number of nitrogens with one attached hydrogen (secondary N) is 1. The Hall–Kier alpha value is -1.08. The van der Waals surface area contributed by atoms with Gasteiger partial charge < -0.3 is 9.73 Å². The fourth-order valence-electron chi connectivity index (χ4n) is 1.08. The minimum Gasteiger partial charge on any atom is -0.445 e. The Bertz CT molecular complexity index is 454. The monoisotopic (exact) mass is 256 g/mol.